The van der Waals surface area contributed by atoms with Gasteiger partial charge in [0.1, 0.15) is 11.4 Å². The minimum Gasteiger partial charge on any atom is -0.497 e. The lowest BCUT2D eigenvalue weighted by molar-refractivity contribution is -0.144. The van der Waals surface area contributed by atoms with E-state index in [0.29, 0.717) is 11.3 Å². The highest BCUT2D eigenvalue weighted by Gasteiger charge is 2.38. The summed E-state index contributed by atoms with van der Waals surface area (Å²) in [5, 5.41) is 7.13. The van der Waals surface area contributed by atoms with Gasteiger partial charge in [-0.3, -0.25) is 0 Å². The Morgan fingerprint density at radius 1 is 1.25 bits per heavy atom. The molecule has 108 valence electrons. The van der Waals surface area contributed by atoms with Crippen LogP contribution in [0, 0.1) is 0 Å². The summed E-state index contributed by atoms with van der Waals surface area (Å²) in [7, 11) is 1.52. The van der Waals surface area contributed by atoms with Crippen LogP contribution in [-0.2, 0) is 18.1 Å². The van der Waals surface area contributed by atoms with Crippen LogP contribution in [0.1, 0.15) is 17.0 Å². The smallest absolute Gasteiger partial charge is 0.434 e. The number of rotatable bonds is 4. The van der Waals surface area contributed by atoms with Crippen molar-refractivity contribution in [1.82, 2.24) is 15.0 Å². The lowest BCUT2D eigenvalue weighted by Crippen LogP contribution is -2.17. The van der Waals surface area contributed by atoms with Gasteiger partial charge in [0, 0.05) is 5.33 Å². The summed E-state index contributed by atoms with van der Waals surface area (Å²) >= 11 is 2.99. The number of hydrogen-bond donors (Lipinski definition) is 0. The third-order valence-electron chi connectivity index (χ3n) is 2.69. The standard InChI is InChI=1S/C12H11BrF3N3O/c1-20-9-4-2-8(3-5-9)7-19-11(12(14,15)16)10(6-13)17-18-19/h2-5H,6-7H2,1H3. The highest BCUT2D eigenvalue weighted by atomic mass is 79.9. The van der Waals surface area contributed by atoms with Crippen molar-refractivity contribution < 1.29 is 17.9 Å². The van der Waals surface area contributed by atoms with Crippen molar-refractivity contribution >= 4 is 15.9 Å². The lowest BCUT2D eigenvalue weighted by atomic mass is 10.2. The zero-order chi connectivity index (χ0) is 14.8. The van der Waals surface area contributed by atoms with Crippen molar-refractivity contribution in [2.75, 3.05) is 7.11 Å². The molecule has 8 heteroatoms. The number of methoxy groups -OCH3 is 1. The molecule has 1 aromatic carbocycles. The Hall–Kier alpha value is -1.57. The van der Waals surface area contributed by atoms with E-state index in [4.69, 9.17) is 4.74 Å². The molecule has 0 aliphatic heterocycles. The molecule has 0 radical (unpaired) electrons. The molecule has 0 N–H and O–H groups in total. The minimum absolute atomic E-state index is 0.00115. The molecule has 0 spiro atoms. The highest BCUT2D eigenvalue weighted by Crippen LogP contribution is 2.32. The van der Waals surface area contributed by atoms with E-state index < -0.39 is 11.9 Å². The summed E-state index contributed by atoms with van der Waals surface area (Å²) in [4.78, 5) is 0. The molecule has 0 saturated carbocycles. The van der Waals surface area contributed by atoms with Crippen LogP contribution in [0.25, 0.3) is 0 Å². The molecule has 20 heavy (non-hydrogen) atoms. The Labute approximate surface area is 121 Å². The zero-order valence-electron chi connectivity index (χ0n) is 10.5. The van der Waals surface area contributed by atoms with Crippen LogP contribution in [0.5, 0.6) is 5.75 Å². The maximum absolute atomic E-state index is 13.0. The molecule has 0 aliphatic carbocycles. The van der Waals surface area contributed by atoms with Crippen molar-refractivity contribution in [3.05, 3.63) is 41.2 Å². The number of benzene rings is 1. The predicted molar refractivity (Wildman–Crippen MR) is 69.8 cm³/mol. The van der Waals surface area contributed by atoms with E-state index >= 15 is 0 Å². The number of hydrogen-bond acceptors (Lipinski definition) is 3. The van der Waals surface area contributed by atoms with Gasteiger partial charge in [-0.15, -0.1) is 5.10 Å². The van der Waals surface area contributed by atoms with Crippen LogP contribution < -0.4 is 4.74 Å². The van der Waals surface area contributed by atoms with Crippen LogP contribution in [0.3, 0.4) is 0 Å². The first-order valence-electron chi connectivity index (χ1n) is 5.64. The zero-order valence-corrected chi connectivity index (χ0v) is 12.1. The van der Waals surface area contributed by atoms with Crippen LogP contribution in [-0.4, -0.2) is 22.1 Å². The van der Waals surface area contributed by atoms with E-state index in [-0.39, 0.29) is 17.6 Å². The maximum Gasteiger partial charge on any atom is 0.434 e. The van der Waals surface area contributed by atoms with Gasteiger partial charge in [-0.1, -0.05) is 33.3 Å². The first-order valence-corrected chi connectivity index (χ1v) is 6.76. The molecule has 0 aliphatic rings. The van der Waals surface area contributed by atoms with Crippen LogP contribution >= 0.6 is 15.9 Å². The van der Waals surface area contributed by atoms with E-state index in [1.54, 1.807) is 24.3 Å². The Balaban J connectivity index is 2.31. The Kier molecular flexibility index (Phi) is 4.32. The van der Waals surface area contributed by atoms with Gasteiger partial charge in [-0.2, -0.15) is 13.2 Å². The van der Waals surface area contributed by atoms with Gasteiger partial charge < -0.3 is 4.74 Å². The number of alkyl halides is 4. The van der Waals surface area contributed by atoms with Crippen molar-refractivity contribution in [1.29, 1.82) is 0 Å². The molecule has 0 fully saturated rings. The fourth-order valence-electron chi connectivity index (χ4n) is 1.76. The number of ether oxygens (including phenoxy) is 1. The maximum atomic E-state index is 13.0. The summed E-state index contributed by atoms with van der Waals surface area (Å²) in [6.45, 7) is -0.00115. The fraction of sp³-hybridized carbons (Fsp3) is 0.333. The van der Waals surface area contributed by atoms with Gasteiger partial charge >= 0.3 is 6.18 Å². The monoisotopic (exact) mass is 349 g/mol. The molecule has 0 saturated heterocycles. The molecule has 2 aromatic rings. The molecule has 2 rings (SSSR count). The number of nitrogens with zero attached hydrogens (tertiary/aromatic N) is 3. The second-order valence-electron chi connectivity index (χ2n) is 4.02. The molecule has 0 bridgehead atoms. The predicted octanol–water partition coefficient (Wildman–Crippen LogP) is 3.25. The average Bonchev–Trinajstić information content (AvgIpc) is 2.82. The summed E-state index contributed by atoms with van der Waals surface area (Å²) < 4.78 is 44.9. The molecule has 0 amide bonds. The van der Waals surface area contributed by atoms with E-state index in [2.05, 4.69) is 26.2 Å². The molecule has 1 heterocycles. The molecule has 0 atom stereocenters. The Bertz CT molecular complexity index is 581. The van der Waals surface area contributed by atoms with Crippen molar-refractivity contribution in [2.45, 2.75) is 18.1 Å². The topological polar surface area (TPSA) is 39.9 Å². The van der Waals surface area contributed by atoms with E-state index in [1.165, 1.54) is 7.11 Å². The Morgan fingerprint density at radius 3 is 2.40 bits per heavy atom. The lowest BCUT2D eigenvalue weighted by Gasteiger charge is -2.11. The molecular weight excluding hydrogens is 339 g/mol. The van der Waals surface area contributed by atoms with Crippen LogP contribution in [0.2, 0.25) is 0 Å². The summed E-state index contributed by atoms with van der Waals surface area (Å²) in [6.07, 6.45) is -4.49. The second kappa shape index (κ2) is 5.82. The summed E-state index contributed by atoms with van der Waals surface area (Å²) in [6, 6.07) is 6.75. The summed E-state index contributed by atoms with van der Waals surface area (Å²) in [5.74, 6) is 0.643. The quantitative estimate of drug-likeness (QED) is 0.795. The van der Waals surface area contributed by atoms with Crippen molar-refractivity contribution in [3.8, 4) is 5.75 Å². The number of aromatic nitrogens is 3. The van der Waals surface area contributed by atoms with Gasteiger partial charge in [0.15, 0.2) is 5.69 Å². The van der Waals surface area contributed by atoms with Gasteiger partial charge in [0.2, 0.25) is 0 Å². The number of halogens is 4. The van der Waals surface area contributed by atoms with Crippen LogP contribution in [0.15, 0.2) is 24.3 Å². The third-order valence-corrected chi connectivity index (χ3v) is 3.22. The summed E-state index contributed by atoms with van der Waals surface area (Å²) in [5.41, 5.74) is -0.265. The SMILES string of the molecule is COc1ccc(Cn2nnc(CBr)c2C(F)(F)F)cc1. The fourth-order valence-corrected chi connectivity index (χ4v) is 2.14. The van der Waals surface area contributed by atoms with E-state index in [1.807, 2.05) is 0 Å². The first-order chi connectivity index (χ1) is 9.45. The normalized spacial score (nSPS) is 11.7. The van der Waals surface area contributed by atoms with Crippen LogP contribution in [0.4, 0.5) is 13.2 Å². The minimum atomic E-state index is -4.49. The van der Waals surface area contributed by atoms with Gasteiger partial charge in [-0.25, -0.2) is 4.68 Å². The molecule has 4 nitrogen and oxygen atoms in total. The van der Waals surface area contributed by atoms with Crippen molar-refractivity contribution in [3.63, 3.8) is 0 Å². The first kappa shape index (κ1) is 14.8. The van der Waals surface area contributed by atoms with Gasteiger partial charge in [-0.05, 0) is 17.7 Å². The van der Waals surface area contributed by atoms with Gasteiger partial charge in [0.25, 0.3) is 0 Å². The second-order valence-corrected chi connectivity index (χ2v) is 4.58. The highest BCUT2D eigenvalue weighted by molar-refractivity contribution is 9.08. The average molecular weight is 350 g/mol. The molecule has 0 unspecified atom stereocenters. The van der Waals surface area contributed by atoms with E-state index in [0.717, 1.165) is 4.68 Å². The Morgan fingerprint density at radius 2 is 1.90 bits per heavy atom. The largest absolute Gasteiger partial charge is 0.497 e. The third kappa shape index (κ3) is 3.12. The molecular formula is C12H11BrF3N3O. The molecule has 1 aromatic heterocycles. The van der Waals surface area contributed by atoms with E-state index in [9.17, 15) is 13.2 Å². The van der Waals surface area contributed by atoms with Gasteiger partial charge in [0.05, 0.1) is 13.7 Å². The van der Waals surface area contributed by atoms with Crippen molar-refractivity contribution in [2.24, 2.45) is 0 Å².